The van der Waals surface area contributed by atoms with Gasteiger partial charge in [0.1, 0.15) is 6.54 Å². The van der Waals surface area contributed by atoms with Crippen LogP contribution >= 0.6 is 12.4 Å². The van der Waals surface area contributed by atoms with Crippen molar-refractivity contribution in [3.05, 3.63) is 35.9 Å². The van der Waals surface area contributed by atoms with E-state index in [0.717, 1.165) is 11.0 Å². The van der Waals surface area contributed by atoms with Crippen LogP contribution in [0.3, 0.4) is 0 Å². The fourth-order valence-corrected chi connectivity index (χ4v) is 1.19. The van der Waals surface area contributed by atoms with Gasteiger partial charge in [0.15, 0.2) is 0 Å². The summed E-state index contributed by atoms with van der Waals surface area (Å²) in [6.07, 6.45) is 0. The van der Waals surface area contributed by atoms with Gasteiger partial charge in [-0.05, 0) is 6.92 Å². The van der Waals surface area contributed by atoms with Crippen molar-refractivity contribution in [2.24, 2.45) is 0 Å². The van der Waals surface area contributed by atoms with Gasteiger partial charge in [-0.2, -0.15) is 0 Å². The second-order valence-corrected chi connectivity index (χ2v) is 3.90. The number of hydrogen-bond acceptors (Lipinski definition) is 1. The summed E-state index contributed by atoms with van der Waals surface area (Å²) in [7, 11) is 4.51. The zero-order chi connectivity index (χ0) is 9.03. The molecule has 1 rings (SSSR count). The highest BCUT2D eigenvalue weighted by molar-refractivity contribution is 5.85. The molecule has 0 bridgehead atoms. The zero-order valence-electron chi connectivity index (χ0n) is 9.74. The number of benzene rings is 1. The Morgan fingerprint density at radius 2 is 1.53 bits per heavy atom. The molecule has 0 aliphatic carbocycles. The molecule has 0 aliphatic rings. The molecule has 0 saturated heterocycles. The summed E-state index contributed by atoms with van der Waals surface area (Å²) in [5.41, 5.74) is 1.42. The summed E-state index contributed by atoms with van der Waals surface area (Å²) < 4.78 is 1.06. The Bertz CT molecular complexity index is 238. The normalized spacial score (nSPS) is 9.27. The maximum atomic E-state index is 2.26. The molecule has 1 aromatic rings. The molecule has 15 heavy (non-hydrogen) atoms. The van der Waals surface area contributed by atoms with E-state index in [2.05, 4.69) is 51.4 Å². The summed E-state index contributed by atoms with van der Waals surface area (Å²) in [6.45, 7) is 4.52. The number of hydrogen-bond donors (Lipinski definition) is 1. The Morgan fingerprint density at radius 1 is 1.07 bits per heavy atom. The molecule has 0 heterocycles. The van der Waals surface area contributed by atoms with Gasteiger partial charge in [0.2, 0.25) is 0 Å². The van der Waals surface area contributed by atoms with Gasteiger partial charge in [0.25, 0.3) is 0 Å². The molecule has 3 N–H and O–H groups in total. The van der Waals surface area contributed by atoms with Crippen molar-refractivity contribution in [2.45, 2.75) is 13.5 Å². The Balaban J connectivity index is -0.000000480. The summed E-state index contributed by atoms with van der Waals surface area (Å²) >= 11 is 0. The van der Waals surface area contributed by atoms with Gasteiger partial charge in [-0.3, -0.25) is 0 Å². The largest absolute Gasteiger partial charge is 1.00 e. The van der Waals surface area contributed by atoms with Crippen LogP contribution < -0.4 is 18.6 Å². The third kappa shape index (κ3) is 7.63. The molecule has 0 radical (unpaired) electrons. The van der Waals surface area contributed by atoms with E-state index in [1.165, 1.54) is 12.1 Å². The molecule has 2 nitrogen and oxygen atoms in total. The first kappa shape index (κ1) is 20.2. The van der Waals surface area contributed by atoms with E-state index in [-0.39, 0.29) is 31.0 Å². The minimum Gasteiger partial charge on any atom is -1.00 e. The SMILES string of the molecule is CC[N+](C)(C)Cc1ccccc1.Cl.N.[Cl-]. The van der Waals surface area contributed by atoms with Crippen LogP contribution in [0.15, 0.2) is 30.3 Å². The van der Waals surface area contributed by atoms with Gasteiger partial charge in [-0.15, -0.1) is 12.4 Å². The highest BCUT2D eigenvalue weighted by Gasteiger charge is 2.11. The number of quaternary nitrogens is 1. The van der Waals surface area contributed by atoms with Crippen LogP contribution in [0.5, 0.6) is 0 Å². The maximum absolute atomic E-state index is 2.26. The van der Waals surface area contributed by atoms with Gasteiger partial charge in [0.05, 0.1) is 20.6 Å². The van der Waals surface area contributed by atoms with Crippen molar-refractivity contribution in [3.63, 3.8) is 0 Å². The van der Waals surface area contributed by atoms with Crippen LogP contribution in [0, 0.1) is 0 Å². The summed E-state index contributed by atoms with van der Waals surface area (Å²) in [5.74, 6) is 0. The fraction of sp³-hybridized carbons (Fsp3) is 0.455. The first-order chi connectivity index (χ1) is 5.64. The lowest BCUT2D eigenvalue weighted by Crippen LogP contribution is -3.00. The third-order valence-corrected chi connectivity index (χ3v) is 2.31. The summed E-state index contributed by atoms with van der Waals surface area (Å²) in [4.78, 5) is 0. The zero-order valence-corrected chi connectivity index (χ0v) is 11.3. The average Bonchev–Trinajstić information content (AvgIpc) is 2.06. The number of nitrogens with zero attached hydrogens (tertiary/aromatic N) is 1. The molecule has 4 heteroatoms. The standard InChI is InChI=1S/C11H18N.2ClH.H3N/c1-4-12(2,3)10-11-8-6-5-7-9-11;;;/h5-9H,4,10H2,1-3H3;2*1H;1H3/q+1;;;/p-1. The lowest BCUT2D eigenvalue weighted by molar-refractivity contribution is -0.901. The first-order valence-electron chi connectivity index (χ1n) is 4.50. The van der Waals surface area contributed by atoms with Crippen LogP contribution in [0.1, 0.15) is 12.5 Å². The van der Waals surface area contributed by atoms with E-state index in [1.807, 2.05) is 0 Å². The monoisotopic (exact) mass is 252 g/mol. The van der Waals surface area contributed by atoms with Gasteiger partial charge >= 0.3 is 0 Å². The van der Waals surface area contributed by atoms with Crippen molar-refractivity contribution in [1.82, 2.24) is 6.15 Å². The topological polar surface area (TPSA) is 35.0 Å². The van der Waals surface area contributed by atoms with Crippen LogP contribution in [0.25, 0.3) is 0 Å². The van der Waals surface area contributed by atoms with Crippen LogP contribution in [-0.2, 0) is 6.54 Å². The molecule has 90 valence electrons. The molecule has 0 atom stereocenters. The quantitative estimate of drug-likeness (QED) is 0.748. The lowest BCUT2D eigenvalue weighted by Gasteiger charge is -2.28. The average molecular weight is 253 g/mol. The molecular formula is C11H22Cl2N2. The van der Waals surface area contributed by atoms with Crippen molar-refractivity contribution >= 4 is 12.4 Å². The molecule has 1 aromatic carbocycles. The van der Waals surface area contributed by atoms with Crippen LogP contribution in [-0.4, -0.2) is 25.1 Å². The van der Waals surface area contributed by atoms with Crippen molar-refractivity contribution < 1.29 is 16.9 Å². The van der Waals surface area contributed by atoms with Crippen molar-refractivity contribution in [2.75, 3.05) is 20.6 Å². The second-order valence-electron chi connectivity index (χ2n) is 3.90. The second kappa shape index (κ2) is 8.98. The number of rotatable bonds is 3. The molecule has 0 spiro atoms. The molecule has 0 fully saturated rings. The third-order valence-electron chi connectivity index (χ3n) is 2.31. The molecule has 0 unspecified atom stereocenters. The van der Waals surface area contributed by atoms with E-state index in [4.69, 9.17) is 0 Å². The predicted molar refractivity (Wildman–Crippen MR) is 65.1 cm³/mol. The molecule has 0 aliphatic heterocycles. The lowest BCUT2D eigenvalue weighted by atomic mass is 10.2. The Labute approximate surface area is 106 Å². The Hall–Kier alpha value is -0.280. The minimum atomic E-state index is 0. The summed E-state index contributed by atoms with van der Waals surface area (Å²) in [6, 6.07) is 10.6. The van der Waals surface area contributed by atoms with Gasteiger partial charge in [0, 0.05) is 5.56 Å². The van der Waals surface area contributed by atoms with Gasteiger partial charge in [-0.1, -0.05) is 30.3 Å². The van der Waals surface area contributed by atoms with E-state index >= 15 is 0 Å². The van der Waals surface area contributed by atoms with Crippen molar-refractivity contribution in [3.8, 4) is 0 Å². The molecule has 0 aromatic heterocycles. The first-order valence-corrected chi connectivity index (χ1v) is 4.50. The fourth-order valence-electron chi connectivity index (χ4n) is 1.19. The highest BCUT2D eigenvalue weighted by Crippen LogP contribution is 2.07. The van der Waals surface area contributed by atoms with Crippen LogP contribution in [0.4, 0.5) is 0 Å². The smallest absolute Gasteiger partial charge is 0.104 e. The Morgan fingerprint density at radius 3 is 1.93 bits per heavy atom. The van der Waals surface area contributed by atoms with E-state index in [9.17, 15) is 0 Å². The van der Waals surface area contributed by atoms with E-state index in [0.29, 0.717) is 0 Å². The molecule has 0 saturated carbocycles. The highest BCUT2D eigenvalue weighted by atomic mass is 35.5. The van der Waals surface area contributed by atoms with Gasteiger partial charge in [-0.25, -0.2) is 0 Å². The maximum Gasteiger partial charge on any atom is 0.104 e. The molecular weight excluding hydrogens is 231 g/mol. The number of halogens is 2. The summed E-state index contributed by atoms with van der Waals surface area (Å²) in [5, 5.41) is 0. The van der Waals surface area contributed by atoms with Gasteiger partial charge < -0.3 is 23.0 Å². The predicted octanol–water partition coefficient (Wildman–Crippen LogP) is -0.129. The minimum absolute atomic E-state index is 0. The van der Waals surface area contributed by atoms with E-state index < -0.39 is 0 Å². The van der Waals surface area contributed by atoms with Crippen molar-refractivity contribution in [1.29, 1.82) is 0 Å². The Kier molecular flexibility index (Phi) is 12.1. The van der Waals surface area contributed by atoms with E-state index in [1.54, 1.807) is 0 Å². The molecule has 0 amide bonds. The van der Waals surface area contributed by atoms with Crippen LogP contribution in [0.2, 0.25) is 0 Å².